The van der Waals surface area contributed by atoms with Crippen LogP contribution in [0.4, 0.5) is 14.5 Å². The lowest BCUT2D eigenvalue weighted by Gasteiger charge is -2.36. The van der Waals surface area contributed by atoms with Crippen LogP contribution in [0.2, 0.25) is 0 Å². The molecule has 0 saturated carbocycles. The molecule has 148 valence electrons. The van der Waals surface area contributed by atoms with Gasteiger partial charge in [-0.2, -0.15) is 0 Å². The summed E-state index contributed by atoms with van der Waals surface area (Å²) in [5.41, 5.74) is 0.663. The normalized spacial score (nSPS) is 29.4. The van der Waals surface area contributed by atoms with Gasteiger partial charge in [-0.25, -0.2) is 8.78 Å². The van der Waals surface area contributed by atoms with Crippen molar-refractivity contribution >= 4 is 23.4 Å². The second kappa shape index (κ2) is 6.23. The summed E-state index contributed by atoms with van der Waals surface area (Å²) >= 11 is 0. The van der Waals surface area contributed by atoms with E-state index in [2.05, 4.69) is 10.6 Å². The zero-order valence-corrected chi connectivity index (χ0v) is 15.1. The fourth-order valence-electron chi connectivity index (χ4n) is 4.93. The number of piperazine rings is 1. The number of rotatable bonds is 2. The molecule has 0 aliphatic carbocycles. The number of imide groups is 1. The zero-order valence-electron chi connectivity index (χ0n) is 15.1. The summed E-state index contributed by atoms with van der Waals surface area (Å²) in [6, 6.07) is 0.906. The van der Waals surface area contributed by atoms with Gasteiger partial charge in [0.05, 0.1) is 5.56 Å². The van der Waals surface area contributed by atoms with Gasteiger partial charge >= 0.3 is 0 Å². The molecule has 3 fully saturated rings. The Morgan fingerprint density at radius 3 is 2.43 bits per heavy atom. The topological polar surface area (TPSA) is 81.8 Å². The van der Waals surface area contributed by atoms with E-state index in [4.69, 9.17) is 0 Å². The predicted molar refractivity (Wildman–Crippen MR) is 94.6 cm³/mol. The summed E-state index contributed by atoms with van der Waals surface area (Å²) in [5.74, 6) is -3.88. The van der Waals surface area contributed by atoms with E-state index < -0.39 is 29.5 Å². The molecule has 2 N–H and O–H groups in total. The zero-order chi connectivity index (χ0) is 19.6. The van der Waals surface area contributed by atoms with Crippen LogP contribution in [-0.2, 0) is 16.1 Å². The maximum Gasteiger partial charge on any atom is 0.258 e. The SMILES string of the molecule is O=C1CCC(N2Cc3c(N4C[C@H]5CC[C@@H](C4)N5)cc(F)c(F)c3C2=O)C(=O)N1. The van der Waals surface area contributed by atoms with E-state index >= 15 is 0 Å². The first-order valence-corrected chi connectivity index (χ1v) is 9.59. The largest absolute Gasteiger partial charge is 0.368 e. The number of benzene rings is 1. The summed E-state index contributed by atoms with van der Waals surface area (Å²) < 4.78 is 28.9. The summed E-state index contributed by atoms with van der Waals surface area (Å²) in [6.45, 7) is 1.37. The number of carbonyl (C=O) groups excluding carboxylic acids is 3. The number of anilines is 1. The molecule has 2 bridgehead atoms. The molecule has 1 unspecified atom stereocenters. The van der Waals surface area contributed by atoms with Crippen molar-refractivity contribution in [1.82, 2.24) is 15.5 Å². The Morgan fingerprint density at radius 1 is 1.04 bits per heavy atom. The Hall–Kier alpha value is -2.55. The minimum Gasteiger partial charge on any atom is -0.368 e. The molecule has 3 amide bonds. The van der Waals surface area contributed by atoms with Crippen LogP contribution in [0.3, 0.4) is 0 Å². The van der Waals surface area contributed by atoms with Gasteiger partial charge in [-0.15, -0.1) is 0 Å². The fourth-order valence-corrected chi connectivity index (χ4v) is 4.93. The Morgan fingerprint density at radius 2 is 1.75 bits per heavy atom. The van der Waals surface area contributed by atoms with E-state index in [1.54, 1.807) is 0 Å². The molecule has 4 aliphatic heterocycles. The van der Waals surface area contributed by atoms with Crippen LogP contribution in [0.15, 0.2) is 6.07 Å². The summed E-state index contributed by atoms with van der Waals surface area (Å²) in [6.07, 6.45) is 2.37. The van der Waals surface area contributed by atoms with Crippen LogP contribution in [0.25, 0.3) is 0 Å². The van der Waals surface area contributed by atoms with Gasteiger partial charge in [0.1, 0.15) is 6.04 Å². The van der Waals surface area contributed by atoms with E-state index in [-0.39, 0.29) is 30.9 Å². The summed E-state index contributed by atoms with van der Waals surface area (Å²) in [7, 11) is 0. The molecule has 5 rings (SSSR count). The molecule has 4 aliphatic rings. The number of nitrogens with one attached hydrogen (secondary N) is 2. The van der Waals surface area contributed by atoms with Crippen molar-refractivity contribution in [2.24, 2.45) is 0 Å². The molecule has 1 aromatic carbocycles. The number of hydrogen-bond acceptors (Lipinski definition) is 5. The third-order valence-electron chi connectivity index (χ3n) is 6.25. The van der Waals surface area contributed by atoms with Gasteiger partial charge in [-0.3, -0.25) is 19.7 Å². The van der Waals surface area contributed by atoms with E-state index in [9.17, 15) is 23.2 Å². The molecular formula is C19H20F2N4O3. The molecule has 28 heavy (non-hydrogen) atoms. The van der Waals surface area contributed by atoms with Crippen molar-refractivity contribution in [3.63, 3.8) is 0 Å². The summed E-state index contributed by atoms with van der Waals surface area (Å²) in [4.78, 5) is 39.8. The average molecular weight is 390 g/mol. The van der Waals surface area contributed by atoms with Crippen molar-refractivity contribution < 1.29 is 23.2 Å². The lowest BCUT2D eigenvalue weighted by Crippen LogP contribution is -2.52. The van der Waals surface area contributed by atoms with Crippen LogP contribution < -0.4 is 15.5 Å². The first kappa shape index (κ1) is 17.5. The maximum absolute atomic E-state index is 14.6. The van der Waals surface area contributed by atoms with Gasteiger partial charge in [0.2, 0.25) is 11.8 Å². The number of fused-ring (bicyclic) bond motifs is 3. The number of halogens is 2. The van der Waals surface area contributed by atoms with Gasteiger partial charge in [-0.1, -0.05) is 0 Å². The number of carbonyl (C=O) groups is 3. The lowest BCUT2D eigenvalue weighted by atomic mass is 10.0. The van der Waals surface area contributed by atoms with E-state index in [0.717, 1.165) is 12.8 Å². The van der Waals surface area contributed by atoms with Gasteiger partial charge in [0, 0.05) is 55.5 Å². The monoisotopic (exact) mass is 390 g/mol. The molecule has 9 heteroatoms. The van der Waals surface area contributed by atoms with Crippen molar-refractivity contribution in [3.05, 3.63) is 28.8 Å². The van der Waals surface area contributed by atoms with Crippen molar-refractivity contribution in [2.45, 2.75) is 50.4 Å². The van der Waals surface area contributed by atoms with E-state index in [1.807, 2.05) is 4.90 Å². The number of piperidine rings is 1. The lowest BCUT2D eigenvalue weighted by molar-refractivity contribution is -0.136. The van der Waals surface area contributed by atoms with Crippen LogP contribution >= 0.6 is 0 Å². The number of nitrogens with zero attached hydrogens (tertiary/aromatic N) is 2. The standard InChI is InChI=1S/C19H20F2N4O3/c20-12-5-14(24-6-9-1-2-10(7-24)22-9)11-8-25(19(28)16(11)17(12)21)13-3-4-15(26)23-18(13)27/h5,9-10,13,22H,1-4,6-8H2,(H,23,26,27)/t9-,10+,13?. The highest BCUT2D eigenvalue weighted by atomic mass is 19.2. The summed E-state index contributed by atoms with van der Waals surface area (Å²) in [5, 5.41) is 5.71. The van der Waals surface area contributed by atoms with Gasteiger partial charge in [0.25, 0.3) is 5.91 Å². The van der Waals surface area contributed by atoms with Gasteiger partial charge in [0.15, 0.2) is 11.6 Å². The number of hydrogen-bond donors (Lipinski definition) is 2. The van der Waals surface area contributed by atoms with Crippen LogP contribution in [0.1, 0.15) is 41.6 Å². The van der Waals surface area contributed by atoms with Crippen LogP contribution in [0.5, 0.6) is 0 Å². The molecular weight excluding hydrogens is 370 g/mol. The van der Waals surface area contributed by atoms with Crippen molar-refractivity contribution in [3.8, 4) is 0 Å². The molecule has 3 saturated heterocycles. The fraction of sp³-hybridized carbons (Fsp3) is 0.526. The molecule has 1 aromatic rings. The highest BCUT2D eigenvalue weighted by Gasteiger charge is 2.43. The molecule has 0 radical (unpaired) electrons. The minimum atomic E-state index is -1.17. The second-order valence-corrected chi connectivity index (χ2v) is 7.99. The van der Waals surface area contributed by atoms with Gasteiger partial charge < -0.3 is 15.1 Å². The van der Waals surface area contributed by atoms with E-state index in [1.165, 1.54) is 11.0 Å². The second-order valence-electron chi connectivity index (χ2n) is 7.99. The van der Waals surface area contributed by atoms with Crippen LogP contribution in [-0.4, -0.2) is 53.8 Å². The van der Waals surface area contributed by atoms with Gasteiger partial charge in [-0.05, 0) is 19.3 Å². The Balaban J connectivity index is 1.51. The number of amides is 3. The average Bonchev–Trinajstić information content (AvgIpc) is 3.17. The third-order valence-corrected chi connectivity index (χ3v) is 6.25. The van der Waals surface area contributed by atoms with Crippen molar-refractivity contribution in [1.29, 1.82) is 0 Å². The highest BCUT2D eigenvalue weighted by molar-refractivity contribution is 6.06. The third kappa shape index (κ3) is 2.60. The predicted octanol–water partition coefficient (Wildman–Crippen LogP) is 0.666. The van der Waals surface area contributed by atoms with Crippen LogP contribution in [0, 0.1) is 11.6 Å². The first-order valence-electron chi connectivity index (χ1n) is 9.59. The molecule has 7 nitrogen and oxygen atoms in total. The smallest absolute Gasteiger partial charge is 0.258 e. The minimum absolute atomic E-state index is 0.0340. The maximum atomic E-state index is 14.6. The highest BCUT2D eigenvalue weighted by Crippen LogP contribution is 2.38. The Bertz CT molecular complexity index is 894. The van der Waals surface area contributed by atoms with E-state index in [0.29, 0.717) is 36.4 Å². The molecule has 0 spiro atoms. The Labute approximate surface area is 160 Å². The molecule has 0 aromatic heterocycles. The quantitative estimate of drug-likeness (QED) is 0.726. The first-order chi connectivity index (χ1) is 13.4. The Kier molecular flexibility index (Phi) is 3.90. The van der Waals surface area contributed by atoms with Crippen molar-refractivity contribution in [2.75, 3.05) is 18.0 Å². The molecule has 3 atom stereocenters. The molecule has 4 heterocycles.